The van der Waals surface area contributed by atoms with Crippen LogP contribution in [0.15, 0.2) is 54.6 Å². The Bertz CT molecular complexity index is 1170. The average molecular weight is 450 g/mol. The molecule has 1 aliphatic rings. The normalized spacial score (nSPS) is 14.3. The van der Waals surface area contributed by atoms with Crippen LogP contribution in [0.5, 0.6) is 5.75 Å². The van der Waals surface area contributed by atoms with E-state index in [4.69, 9.17) is 9.47 Å². The van der Waals surface area contributed by atoms with Gasteiger partial charge in [-0.25, -0.2) is 4.79 Å². The number of nitro groups is 1. The summed E-state index contributed by atoms with van der Waals surface area (Å²) in [4.78, 5) is 27.4. The highest BCUT2D eigenvalue weighted by molar-refractivity contribution is 5.87. The van der Waals surface area contributed by atoms with Gasteiger partial charge in [0.2, 0.25) is 0 Å². The van der Waals surface area contributed by atoms with Crippen molar-refractivity contribution in [1.82, 2.24) is 9.80 Å². The number of amides is 1. The van der Waals surface area contributed by atoms with Crippen LogP contribution < -0.4 is 4.74 Å². The van der Waals surface area contributed by atoms with Gasteiger partial charge < -0.3 is 14.4 Å². The maximum absolute atomic E-state index is 12.6. The molecule has 0 spiro atoms. The average Bonchev–Trinajstić information content (AvgIpc) is 2.83. The van der Waals surface area contributed by atoms with Gasteiger partial charge in [-0.15, -0.1) is 0 Å². The quantitative estimate of drug-likeness (QED) is 0.406. The smallest absolute Gasteiger partial charge is 0.410 e. The van der Waals surface area contributed by atoms with Gasteiger partial charge in [-0.3, -0.25) is 15.0 Å². The third kappa shape index (κ3) is 4.90. The zero-order valence-corrected chi connectivity index (χ0v) is 18.8. The number of aryl methyl sites for hydroxylation is 1. The van der Waals surface area contributed by atoms with Crippen molar-refractivity contribution in [3.8, 4) is 5.75 Å². The molecule has 0 N–H and O–H groups in total. The van der Waals surface area contributed by atoms with E-state index in [2.05, 4.69) is 23.1 Å². The minimum absolute atomic E-state index is 0.000783. The number of ether oxygens (including phenoxy) is 2. The number of benzene rings is 3. The fourth-order valence-corrected chi connectivity index (χ4v) is 4.31. The summed E-state index contributed by atoms with van der Waals surface area (Å²) in [6.07, 6.45) is -0.451. The summed E-state index contributed by atoms with van der Waals surface area (Å²) in [6.45, 7) is 4.74. The number of nitrogens with zero attached hydrogens (tertiary/aromatic N) is 3. The van der Waals surface area contributed by atoms with Crippen molar-refractivity contribution in [1.29, 1.82) is 0 Å². The molecule has 1 saturated heterocycles. The van der Waals surface area contributed by atoms with E-state index < -0.39 is 11.0 Å². The molecular weight excluding hydrogens is 422 g/mol. The molecule has 8 nitrogen and oxygen atoms in total. The third-order valence-corrected chi connectivity index (χ3v) is 6.08. The Morgan fingerprint density at radius 2 is 1.79 bits per heavy atom. The minimum Gasteiger partial charge on any atom is -0.496 e. The van der Waals surface area contributed by atoms with Gasteiger partial charge >= 0.3 is 6.09 Å². The van der Waals surface area contributed by atoms with Gasteiger partial charge in [0.05, 0.1) is 17.6 Å². The summed E-state index contributed by atoms with van der Waals surface area (Å²) in [7, 11) is 1.68. The van der Waals surface area contributed by atoms with Crippen molar-refractivity contribution in [3.63, 3.8) is 0 Å². The first-order valence-corrected chi connectivity index (χ1v) is 10.9. The Morgan fingerprint density at radius 1 is 1.03 bits per heavy atom. The van der Waals surface area contributed by atoms with E-state index in [0.717, 1.165) is 17.9 Å². The monoisotopic (exact) mass is 449 g/mol. The maximum atomic E-state index is 12.6. The van der Waals surface area contributed by atoms with Crippen LogP contribution in [0.1, 0.15) is 16.7 Å². The second-order valence-corrected chi connectivity index (χ2v) is 8.13. The van der Waals surface area contributed by atoms with Crippen LogP contribution in [0.4, 0.5) is 10.5 Å². The van der Waals surface area contributed by atoms with Gasteiger partial charge in [-0.05, 0) is 29.8 Å². The van der Waals surface area contributed by atoms with Crippen molar-refractivity contribution >= 4 is 22.6 Å². The second-order valence-electron chi connectivity index (χ2n) is 8.13. The molecule has 172 valence electrons. The number of carbonyl (C=O) groups is 1. The van der Waals surface area contributed by atoms with Gasteiger partial charge in [-0.1, -0.05) is 42.5 Å². The summed E-state index contributed by atoms with van der Waals surface area (Å²) in [5, 5.41) is 13.7. The Labute approximate surface area is 192 Å². The molecule has 1 amide bonds. The van der Waals surface area contributed by atoms with E-state index in [1.807, 2.05) is 18.2 Å². The largest absolute Gasteiger partial charge is 0.496 e. The molecule has 3 aromatic rings. The van der Waals surface area contributed by atoms with Crippen LogP contribution in [0.25, 0.3) is 10.8 Å². The van der Waals surface area contributed by atoms with E-state index >= 15 is 0 Å². The number of methoxy groups -OCH3 is 1. The predicted molar refractivity (Wildman–Crippen MR) is 125 cm³/mol. The number of para-hydroxylation sites is 1. The third-order valence-electron chi connectivity index (χ3n) is 6.08. The highest BCUT2D eigenvalue weighted by atomic mass is 16.6. The topological polar surface area (TPSA) is 85.2 Å². The molecule has 0 aliphatic carbocycles. The van der Waals surface area contributed by atoms with E-state index in [1.165, 1.54) is 10.8 Å². The van der Waals surface area contributed by atoms with E-state index in [1.54, 1.807) is 37.1 Å². The lowest BCUT2D eigenvalue weighted by atomic mass is 10.0. The first-order chi connectivity index (χ1) is 16.0. The summed E-state index contributed by atoms with van der Waals surface area (Å²) in [5.41, 5.74) is 2.08. The summed E-state index contributed by atoms with van der Waals surface area (Å²) >= 11 is 0. The molecule has 0 saturated carbocycles. The van der Waals surface area contributed by atoms with Crippen molar-refractivity contribution in [2.75, 3.05) is 33.3 Å². The van der Waals surface area contributed by atoms with Gasteiger partial charge in [0.1, 0.15) is 12.4 Å². The Balaban J connectivity index is 1.36. The van der Waals surface area contributed by atoms with Crippen LogP contribution >= 0.6 is 0 Å². The molecule has 33 heavy (non-hydrogen) atoms. The first kappa shape index (κ1) is 22.5. The number of hydrogen-bond acceptors (Lipinski definition) is 6. The van der Waals surface area contributed by atoms with Crippen LogP contribution in [0.3, 0.4) is 0 Å². The first-order valence-electron chi connectivity index (χ1n) is 10.9. The number of fused-ring (bicyclic) bond motifs is 1. The van der Waals surface area contributed by atoms with E-state index in [0.29, 0.717) is 37.3 Å². The highest BCUT2D eigenvalue weighted by Crippen LogP contribution is 2.29. The molecule has 1 heterocycles. The van der Waals surface area contributed by atoms with Crippen LogP contribution in [-0.4, -0.2) is 54.1 Å². The van der Waals surface area contributed by atoms with Crippen LogP contribution in [-0.2, 0) is 17.9 Å². The lowest BCUT2D eigenvalue weighted by Crippen LogP contribution is -2.48. The molecule has 0 aromatic heterocycles. The fourth-order valence-electron chi connectivity index (χ4n) is 4.31. The number of rotatable bonds is 6. The number of hydrogen-bond donors (Lipinski definition) is 0. The minimum atomic E-state index is -0.451. The summed E-state index contributed by atoms with van der Waals surface area (Å²) in [6, 6.07) is 17.3. The summed E-state index contributed by atoms with van der Waals surface area (Å²) < 4.78 is 11.0. The van der Waals surface area contributed by atoms with E-state index in [-0.39, 0.29) is 12.3 Å². The molecule has 1 aliphatic heterocycles. The lowest BCUT2D eigenvalue weighted by molar-refractivity contribution is -0.386. The molecule has 8 heteroatoms. The standard InChI is InChI=1S/C25H27N3O5/c1-18-6-5-8-20(24(18)28(30)31)17-33-25(29)27-14-12-26(13-15-27)16-22-21-9-4-3-7-19(21)10-11-23(22)32-2/h3-11H,12-17H2,1-2H3. The fraction of sp³-hybridized carbons (Fsp3) is 0.320. The molecule has 0 unspecified atom stereocenters. The molecule has 0 radical (unpaired) electrons. The predicted octanol–water partition coefficient (Wildman–Crippen LogP) is 4.52. The van der Waals surface area contributed by atoms with Gasteiger partial charge in [0.15, 0.2) is 0 Å². The van der Waals surface area contributed by atoms with Gasteiger partial charge in [0, 0.05) is 43.9 Å². The number of nitro benzene ring substituents is 1. The number of carbonyl (C=O) groups excluding carboxylic acids is 1. The van der Waals surface area contributed by atoms with Gasteiger partial charge in [0.25, 0.3) is 5.69 Å². The van der Waals surface area contributed by atoms with Crippen molar-refractivity contribution in [3.05, 3.63) is 81.4 Å². The number of piperazine rings is 1. The Kier molecular flexibility index (Phi) is 6.74. The second kappa shape index (κ2) is 9.87. The maximum Gasteiger partial charge on any atom is 0.410 e. The molecule has 0 bridgehead atoms. The van der Waals surface area contributed by atoms with Gasteiger partial charge in [-0.2, -0.15) is 0 Å². The molecular formula is C25H27N3O5. The lowest BCUT2D eigenvalue weighted by Gasteiger charge is -2.34. The molecule has 4 rings (SSSR count). The zero-order valence-electron chi connectivity index (χ0n) is 18.8. The Morgan fingerprint density at radius 3 is 2.52 bits per heavy atom. The molecule has 3 aromatic carbocycles. The summed E-state index contributed by atoms with van der Waals surface area (Å²) in [5.74, 6) is 0.857. The molecule has 1 fully saturated rings. The zero-order chi connectivity index (χ0) is 23.4. The van der Waals surface area contributed by atoms with Crippen LogP contribution in [0.2, 0.25) is 0 Å². The van der Waals surface area contributed by atoms with Crippen molar-refractivity contribution in [2.24, 2.45) is 0 Å². The van der Waals surface area contributed by atoms with Crippen molar-refractivity contribution in [2.45, 2.75) is 20.1 Å². The van der Waals surface area contributed by atoms with Crippen molar-refractivity contribution < 1.29 is 19.2 Å². The SMILES string of the molecule is COc1ccc2ccccc2c1CN1CCN(C(=O)OCc2cccc(C)c2[N+](=O)[O-])CC1. The molecule has 0 atom stereocenters. The van der Waals surface area contributed by atoms with Crippen LogP contribution in [0, 0.1) is 17.0 Å². The van der Waals surface area contributed by atoms with E-state index in [9.17, 15) is 14.9 Å². The highest BCUT2D eigenvalue weighted by Gasteiger charge is 2.25. The Hall–Kier alpha value is -3.65.